The van der Waals surface area contributed by atoms with Crippen LogP contribution in [0.5, 0.6) is 0 Å². The van der Waals surface area contributed by atoms with Crippen LogP contribution < -0.4 is 26.2 Å². The van der Waals surface area contributed by atoms with Gasteiger partial charge in [0.1, 0.15) is 11.2 Å². The van der Waals surface area contributed by atoms with Crippen molar-refractivity contribution < 1.29 is 23.6 Å². The Kier molecular flexibility index (Phi) is 11.9. The van der Waals surface area contributed by atoms with E-state index in [1.54, 1.807) is 24.4 Å². The molecule has 4 aliphatic heterocycles. The minimum absolute atomic E-state index is 0.0418. The second-order valence-corrected chi connectivity index (χ2v) is 20.7. The number of aromatic nitrogens is 3. The van der Waals surface area contributed by atoms with Gasteiger partial charge in [0.15, 0.2) is 16.6 Å². The molecule has 66 heavy (non-hydrogen) atoms. The zero-order valence-electron chi connectivity index (χ0n) is 37.3. The van der Waals surface area contributed by atoms with Crippen molar-refractivity contribution in [2.24, 2.45) is 11.3 Å². The van der Waals surface area contributed by atoms with Gasteiger partial charge in [0, 0.05) is 86.3 Å². The maximum absolute atomic E-state index is 16.4. The van der Waals surface area contributed by atoms with Gasteiger partial charge in [-0.15, -0.1) is 0 Å². The number of amides is 5. The number of urea groups is 1. The minimum atomic E-state index is -1.32. The summed E-state index contributed by atoms with van der Waals surface area (Å²) in [4.78, 5) is 68.8. The molecule has 4 aromatic rings. The van der Waals surface area contributed by atoms with Crippen molar-refractivity contribution in [2.75, 3.05) is 56.0 Å². The number of nitrogens with one attached hydrogen (secondary N) is 4. The maximum atomic E-state index is 16.4. The summed E-state index contributed by atoms with van der Waals surface area (Å²) in [5, 5.41) is 12.8. The average Bonchev–Trinajstić information content (AvgIpc) is 3.95. The smallest absolute Gasteiger partial charge is 0.329 e. The summed E-state index contributed by atoms with van der Waals surface area (Å²) in [6, 6.07) is 9.35. The van der Waals surface area contributed by atoms with Gasteiger partial charge in [-0.1, -0.05) is 55.0 Å². The Bertz CT molecular complexity index is 2660. The Morgan fingerprint density at radius 1 is 0.939 bits per heavy atom. The fourth-order valence-electron chi connectivity index (χ4n) is 11.9. The van der Waals surface area contributed by atoms with Crippen molar-refractivity contribution in [3.63, 3.8) is 0 Å². The van der Waals surface area contributed by atoms with Crippen LogP contribution in [0.4, 0.5) is 20.7 Å². The van der Waals surface area contributed by atoms with E-state index in [0.717, 1.165) is 82.4 Å². The number of pyridine rings is 2. The Labute approximate surface area is 393 Å². The van der Waals surface area contributed by atoms with Crippen molar-refractivity contribution >= 4 is 64.1 Å². The molecular formula is C49H55Cl2FN10O4. The minimum Gasteiger partial charge on any atom is -0.352 e. The van der Waals surface area contributed by atoms with Crippen LogP contribution in [0.2, 0.25) is 10.2 Å². The molecule has 2 aliphatic carbocycles. The Hall–Kier alpha value is -5.11. The summed E-state index contributed by atoms with van der Waals surface area (Å²) < 4.78 is 18.2. The number of benzene rings is 1. The van der Waals surface area contributed by atoms with Gasteiger partial charge >= 0.3 is 6.03 Å². The number of piperazine rings is 1. The van der Waals surface area contributed by atoms with E-state index in [9.17, 15) is 19.2 Å². The van der Waals surface area contributed by atoms with E-state index in [0.29, 0.717) is 54.0 Å². The molecule has 1 aromatic carbocycles. The molecule has 346 valence electrons. The molecule has 10 rings (SSSR count). The quantitative estimate of drug-likeness (QED) is 0.124. The molecule has 1 unspecified atom stereocenters. The zero-order valence-corrected chi connectivity index (χ0v) is 38.8. The number of carbonyl (C=O) groups is 4. The van der Waals surface area contributed by atoms with Crippen LogP contribution in [-0.4, -0.2) is 111 Å². The van der Waals surface area contributed by atoms with Gasteiger partial charge in [-0.3, -0.25) is 39.2 Å². The highest BCUT2D eigenvalue weighted by Gasteiger charge is 2.73. The molecule has 3 saturated heterocycles. The van der Waals surface area contributed by atoms with Crippen LogP contribution in [0.15, 0.2) is 55.0 Å². The van der Waals surface area contributed by atoms with Crippen molar-refractivity contribution in [3.8, 4) is 11.8 Å². The van der Waals surface area contributed by atoms with Crippen molar-refractivity contribution in [3.05, 3.63) is 87.7 Å². The highest BCUT2D eigenvalue weighted by molar-refractivity contribution is 6.31. The highest BCUT2D eigenvalue weighted by Crippen LogP contribution is 2.64. The Morgan fingerprint density at radius 3 is 2.45 bits per heavy atom. The molecule has 0 bridgehead atoms. The molecule has 2 saturated carbocycles. The lowest BCUT2D eigenvalue weighted by Gasteiger charge is -2.50. The van der Waals surface area contributed by atoms with Crippen LogP contribution in [-0.2, 0) is 19.8 Å². The summed E-state index contributed by atoms with van der Waals surface area (Å²) in [6.07, 6.45) is 11.7. The van der Waals surface area contributed by atoms with Crippen molar-refractivity contribution in [1.29, 1.82) is 0 Å². The fourth-order valence-corrected chi connectivity index (χ4v) is 12.3. The standard InChI is InChI=1S/C49H55Cl2FN10O4/c1-47(2)15-17-48(18-16-47)49(35-12-9-32(50)27-36(35)56-45(49)65)39(34-13-19-53-42(51)40(34)52)41(58-48)44(64)55-33-10-7-30(8-11-33)29-60-25-23-59(24-26-60)20-3-5-31-6-4-21-61-38(28-54-43(31)61)62-22-14-37(63)57-46(62)66/h4,6,9,12-13,19,21,27-28,30,33,39,41,58H,7-8,10-11,14-18,20,22-26,29H2,1-2H3,(H,55,64)(H,56,65)(H,57,63,66)/t30?,33?,39-,41?,49+/m0/s1. The molecule has 5 fully saturated rings. The van der Waals surface area contributed by atoms with Gasteiger partial charge in [0.05, 0.1) is 24.3 Å². The maximum Gasteiger partial charge on any atom is 0.329 e. The lowest BCUT2D eigenvalue weighted by atomic mass is 9.53. The third-order valence-corrected chi connectivity index (χ3v) is 16.0. The van der Waals surface area contributed by atoms with E-state index < -0.39 is 34.8 Å². The van der Waals surface area contributed by atoms with Crippen LogP contribution in [0.25, 0.3) is 5.65 Å². The summed E-state index contributed by atoms with van der Waals surface area (Å²) in [5.41, 5.74) is 0.824. The van der Waals surface area contributed by atoms with Crippen LogP contribution >= 0.6 is 23.2 Å². The largest absolute Gasteiger partial charge is 0.352 e. The number of hydrogen-bond acceptors (Lipinski definition) is 9. The number of rotatable bonds is 7. The van der Waals surface area contributed by atoms with E-state index in [4.69, 9.17) is 23.2 Å². The molecule has 17 heteroatoms. The second-order valence-electron chi connectivity index (χ2n) is 19.9. The first-order valence-corrected chi connectivity index (χ1v) is 24.0. The third-order valence-electron chi connectivity index (χ3n) is 15.5. The predicted molar refractivity (Wildman–Crippen MR) is 250 cm³/mol. The zero-order chi connectivity index (χ0) is 46.0. The van der Waals surface area contributed by atoms with E-state index in [2.05, 4.69) is 66.7 Å². The number of nitrogens with zero attached hydrogens (tertiary/aromatic N) is 6. The summed E-state index contributed by atoms with van der Waals surface area (Å²) in [6.45, 7) is 10.1. The number of hydrogen-bond donors (Lipinski definition) is 4. The van der Waals surface area contributed by atoms with E-state index in [-0.39, 0.29) is 46.3 Å². The van der Waals surface area contributed by atoms with Gasteiger partial charge in [0.25, 0.3) is 0 Å². The van der Waals surface area contributed by atoms with Gasteiger partial charge in [0.2, 0.25) is 17.7 Å². The predicted octanol–water partition coefficient (Wildman–Crippen LogP) is 6.25. The number of anilines is 2. The van der Waals surface area contributed by atoms with E-state index >= 15 is 4.39 Å². The van der Waals surface area contributed by atoms with Gasteiger partial charge in [-0.05, 0) is 104 Å². The molecule has 0 radical (unpaired) electrons. The molecule has 2 spiro atoms. The Balaban J connectivity index is 0.772. The first kappa shape index (κ1) is 44.7. The molecule has 14 nitrogen and oxygen atoms in total. The SMILES string of the molecule is CC1(C)CCC2(CC1)NC(C(=O)NC1CCC(CN3CCN(CC#Cc4cccn5c(N6CCC(=O)NC6=O)cnc45)CC3)CC1)[C@H](c1ccnc(Cl)c1F)[C@]21C(=O)Nc2cc(Cl)ccc21. The first-order valence-electron chi connectivity index (χ1n) is 23.3. The molecule has 6 aliphatic rings. The van der Waals surface area contributed by atoms with Crippen LogP contribution in [0.1, 0.15) is 94.2 Å². The fraction of sp³-hybridized carbons (Fsp3) is 0.510. The topological polar surface area (TPSA) is 156 Å². The normalized spacial score (nSPS) is 27.4. The second kappa shape index (κ2) is 17.5. The molecule has 5 amide bonds. The van der Waals surface area contributed by atoms with Gasteiger partial charge in [-0.25, -0.2) is 19.2 Å². The third kappa shape index (κ3) is 7.92. The van der Waals surface area contributed by atoms with Gasteiger partial charge in [-0.2, -0.15) is 0 Å². The van der Waals surface area contributed by atoms with Crippen LogP contribution in [0, 0.1) is 29.0 Å². The molecular weight excluding hydrogens is 883 g/mol. The monoisotopic (exact) mass is 936 g/mol. The first-order chi connectivity index (χ1) is 31.7. The number of imide groups is 1. The number of fused-ring (bicyclic) bond motifs is 4. The number of halogens is 3. The molecule has 7 heterocycles. The summed E-state index contributed by atoms with van der Waals surface area (Å²) in [7, 11) is 0. The summed E-state index contributed by atoms with van der Waals surface area (Å²) in [5.74, 6) is 5.33. The lowest BCUT2D eigenvalue weighted by Crippen LogP contribution is -2.61. The Morgan fingerprint density at radius 2 is 1.70 bits per heavy atom. The van der Waals surface area contributed by atoms with Crippen molar-refractivity contribution in [2.45, 2.75) is 101 Å². The van der Waals surface area contributed by atoms with E-state index in [1.807, 2.05) is 28.8 Å². The van der Waals surface area contributed by atoms with Crippen LogP contribution in [0.3, 0.4) is 0 Å². The van der Waals surface area contributed by atoms with Gasteiger partial charge < -0.3 is 15.5 Å². The number of imidazole rings is 1. The molecule has 3 aromatic heterocycles. The van der Waals surface area contributed by atoms with E-state index in [1.165, 1.54) is 11.1 Å². The lowest BCUT2D eigenvalue weighted by molar-refractivity contribution is -0.125. The van der Waals surface area contributed by atoms with Crippen molar-refractivity contribution in [1.82, 2.24) is 40.1 Å². The molecule has 4 N–H and O–H groups in total. The molecule has 3 atom stereocenters. The number of carbonyl (C=O) groups excluding carboxylic acids is 4. The average molecular weight is 938 g/mol. The highest BCUT2D eigenvalue weighted by atomic mass is 35.5. The summed E-state index contributed by atoms with van der Waals surface area (Å²) >= 11 is 12.8.